The molecule has 4 rings (SSSR count). The lowest BCUT2D eigenvalue weighted by atomic mass is 9.79. The van der Waals surface area contributed by atoms with Crippen LogP contribution < -0.4 is 0 Å². The summed E-state index contributed by atoms with van der Waals surface area (Å²) in [4.78, 5) is 32.9. The van der Waals surface area contributed by atoms with Crippen LogP contribution in [0.15, 0.2) is 29.2 Å². The van der Waals surface area contributed by atoms with Crippen LogP contribution in [0.1, 0.15) is 81.4 Å². The maximum absolute atomic E-state index is 13.4. The molecule has 0 bridgehead atoms. The number of aryl methyl sites for hydroxylation is 2. The first-order valence-electron chi connectivity index (χ1n) is 12.2. The van der Waals surface area contributed by atoms with E-state index in [1.165, 1.54) is 0 Å². The third-order valence-corrected chi connectivity index (χ3v) is 8.48. The molecule has 3 heterocycles. The molecule has 7 heteroatoms. The lowest BCUT2D eigenvalue weighted by Gasteiger charge is -2.37. The van der Waals surface area contributed by atoms with Crippen LogP contribution in [0.4, 0.5) is 0 Å². The molecule has 1 fully saturated rings. The fourth-order valence-electron chi connectivity index (χ4n) is 5.28. The van der Waals surface area contributed by atoms with Crippen LogP contribution in [0.3, 0.4) is 0 Å². The number of ketones is 1. The van der Waals surface area contributed by atoms with Gasteiger partial charge in [-0.1, -0.05) is 12.2 Å². The topological polar surface area (TPSA) is 68.1 Å². The van der Waals surface area contributed by atoms with Crippen molar-refractivity contribution in [2.45, 2.75) is 78.7 Å². The number of hydrogen-bond donors (Lipinski definition) is 0. The standard InChI is InChI=1S/C27H36N4O2S/c1-16(2)21-13-22(19(5)24(32)14-21)23-15-34-25(28-23)20-8-10-30(11-9-20)26(33)27(6,7)31-18(4)12-17(3)29-31/h12,15,20-21H,1,8-11,13-14H2,2-7H3. The summed E-state index contributed by atoms with van der Waals surface area (Å²) >= 11 is 1.68. The highest BCUT2D eigenvalue weighted by atomic mass is 32.1. The first-order chi connectivity index (χ1) is 16.0. The van der Waals surface area contributed by atoms with Crippen molar-refractivity contribution < 1.29 is 9.59 Å². The minimum absolute atomic E-state index is 0.115. The van der Waals surface area contributed by atoms with Gasteiger partial charge in [0.2, 0.25) is 5.91 Å². The zero-order chi connectivity index (χ0) is 24.8. The van der Waals surface area contributed by atoms with Crippen molar-refractivity contribution in [3.05, 3.63) is 51.3 Å². The quantitative estimate of drug-likeness (QED) is 0.536. The van der Waals surface area contributed by atoms with Crippen molar-refractivity contribution >= 4 is 28.6 Å². The largest absolute Gasteiger partial charge is 0.341 e. The van der Waals surface area contributed by atoms with E-state index in [9.17, 15) is 9.59 Å². The molecule has 1 amide bonds. The van der Waals surface area contributed by atoms with Gasteiger partial charge in [-0.05, 0) is 83.9 Å². The molecule has 0 saturated carbocycles. The van der Waals surface area contributed by atoms with E-state index in [0.717, 1.165) is 71.2 Å². The van der Waals surface area contributed by atoms with Crippen LogP contribution in [-0.2, 0) is 15.1 Å². The number of nitrogens with zero attached hydrogens (tertiary/aromatic N) is 4. The van der Waals surface area contributed by atoms with Gasteiger partial charge in [-0.25, -0.2) is 4.98 Å². The van der Waals surface area contributed by atoms with Gasteiger partial charge in [0.1, 0.15) is 5.54 Å². The Hall–Kier alpha value is -2.54. The van der Waals surface area contributed by atoms with Crippen LogP contribution in [0.25, 0.3) is 5.57 Å². The van der Waals surface area contributed by atoms with Gasteiger partial charge in [0.05, 0.1) is 16.4 Å². The van der Waals surface area contributed by atoms with Gasteiger partial charge in [0.15, 0.2) is 5.78 Å². The number of carbonyl (C=O) groups excluding carboxylic acids is 2. The minimum Gasteiger partial charge on any atom is -0.341 e. The van der Waals surface area contributed by atoms with Crippen LogP contribution in [0.2, 0.25) is 0 Å². The van der Waals surface area contributed by atoms with Crippen molar-refractivity contribution in [1.29, 1.82) is 0 Å². The summed E-state index contributed by atoms with van der Waals surface area (Å²) in [5.41, 5.74) is 5.15. The Balaban J connectivity index is 1.44. The molecule has 34 heavy (non-hydrogen) atoms. The number of carbonyl (C=O) groups is 2. The summed E-state index contributed by atoms with van der Waals surface area (Å²) in [7, 11) is 0. The summed E-state index contributed by atoms with van der Waals surface area (Å²) in [5.74, 6) is 0.873. The lowest BCUT2D eigenvalue weighted by Crippen LogP contribution is -2.50. The maximum Gasteiger partial charge on any atom is 0.249 e. The average Bonchev–Trinajstić information content (AvgIpc) is 3.41. The van der Waals surface area contributed by atoms with E-state index in [-0.39, 0.29) is 17.6 Å². The molecule has 0 aromatic carbocycles. The monoisotopic (exact) mass is 480 g/mol. The van der Waals surface area contributed by atoms with Crippen molar-refractivity contribution in [2.75, 3.05) is 13.1 Å². The van der Waals surface area contributed by atoms with Gasteiger partial charge >= 0.3 is 0 Å². The number of aromatic nitrogens is 3. The Morgan fingerprint density at radius 1 is 1.18 bits per heavy atom. The molecule has 1 aliphatic carbocycles. The van der Waals surface area contributed by atoms with Crippen molar-refractivity contribution in [3.8, 4) is 0 Å². The molecule has 1 unspecified atom stereocenters. The lowest BCUT2D eigenvalue weighted by molar-refractivity contribution is -0.141. The zero-order valence-corrected chi connectivity index (χ0v) is 22.1. The summed E-state index contributed by atoms with van der Waals surface area (Å²) in [6.45, 7) is 17.3. The number of likely N-dealkylation sites (tertiary alicyclic amines) is 1. The van der Waals surface area contributed by atoms with Crippen molar-refractivity contribution in [1.82, 2.24) is 19.7 Å². The molecule has 2 aromatic rings. The van der Waals surface area contributed by atoms with E-state index < -0.39 is 5.54 Å². The molecule has 0 spiro atoms. The molecule has 0 radical (unpaired) electrons. The second-order valence-corrected chi connectivity index (χ2v) is 11.4. The minimum atomic E-state index is -0.711. The second-order valence-electron chi connectivity index (χ2n) is 10.5. The van der Waals surface area contributed by atoms with Gasteiger partial charge in [-0.3, -0.25) is 14.3 Å². The Morgan fingerprint density at radius 2 is 1.85 bits per heavy atom. The SMILES string of the molecule is C=C(C)C1CC(=O)C(C)=C(c2csc(C3CCN(C(=O)C(C)(C)n4nc(C)cc4C)CC3)n2)C1. The number of Topliss-reactive ketones (excluding diaryl/α,β-unsaturated/α-hetero) is 1. The average molecular weight is 481 g/mol. The molecule has 182 valence electrons. The second kappa shape index (κ2) is 9.25. The maximum atomic E-state index is 13.4. The Labute approximate surface area is 206 Å². The smallest absolute Gasteiger partial charge is 0.249 e. The molecule has 0 N–H and O–H groups in total. The molecular formula is C27H36N4O2S. The summed E-state index contributed by atoms with van der Waals surface area (Å²) in [6.07, 6.45) is 3.20. The predicted molar refractivity (Wildman–Crippen MR) is 137 cm³/mol. The normalized spacial score (nSPS) is 20.2. The molecule has 2 aromatic heterocycles. The van der Waals surface area contributed by atoms with Gasteiger partial charge < -0.3 is 4.90 Å². The Bertz CT molecular complexity index is 1160. The van der Waals surface area contributed by atoms with Crippen LogP contribution in [0, 0.1) is 19.8 Å². The van der Waals surface area contributed by atoms with E-state index >= 15 is 0 Å². The fourth-order valence-corrected chi connectivity index (χ4v) is 6.28. The number of rotatable bonds is 5. The van der Waals surface area contributed by atoms with Crippen molar-refractivity contribution in [2.24, 2.45) is 5.92 Å². The molecule has 2 aliphatic rings. The number of allylic oxidation sites excluding steroid dienone is 3. The highest BCUT2D eigenvalue weighted by molar-refractivity contribution is 7.09. The summed E-state index contributed by atoms with van der Waals surface area (Å²) in [5, 5.41) is 7.78. The number of hydrogen-bond acceptors (Lipinski definition) is 5. The number of amides is 1. The molecule has 1 atom stereocenters. The van der Waals surface area contributed by atoms with Gasteiger partial charge in [0.25, 0.3) is 0 Å². The van der Waals surface area contributed by atoms with Gasteiger partial charge in [-0.15, -0.1) is 11.3 Å². The molecular weight excluding hydrogens is 444 g/mol. The highest BCUT2D eigenvalue weighted by Gasteiger charge is 2.38. The summed E-state index contributed by atoms with van der Waals surface area (Å²) in [6, 6.07) is 2.01. The molecule has 6 nitrogen and oxygen atoms in total. The van der Waals surface area contributed by atoms with E-state index in [2.05, 4.69) is 17.1 Å². The van der Waals surface area contributed by atoms with Gasteiger partial charge in [-0.2, -0.15) is 5.10 Å². The molecule has 1 aliphatic heterocycles. The van der Waals surface area contributed by atoms with Gasteiger partial charge in [0, 0.05) is 36.5 Å². The number of piperidine rings is 1. The third kappa shape index (κ3) is 4.54. The fraction of sp³-hybridized carbons (Fsp3) is 0.556. The van der Waals surface area contributed by atoms with E-state index in [4.69, 9.17) is 4.98 Å². The van der Waals surface area contributed by atoms with Crippen LogP contribution in [0.5, 0.6) is 0 Å². The predicted octanol–water partition coefficient (Wildman–Crippen LogP) is 5.43. The highest BCUT2D eigenvalue weighted by Crippen LogP contribution is 2.39. The number of thiazole rings is 1. The summed E-state index contributed by atoms with van der Waals surface area (Å²) < 4.78 is 1.85. The van der Waals surface area contributed by atoms with E-state index in [1.807, 2.05) is 57.2 Å². The first kappa shape index (κ1) is 24.6. The molecule has 1 saturated heterocycles. The van der Waals surface area contributed by atoms with E-state index in [0.29, 0.717) is 12.3 Å². The first-order valence-corrected chi connectivity index (χ1v) is 13.0. The Kier molecular flexibility index (Phi) is 6.69. The van der Waals surface area contributed by atoms with Crippen molar-refractivity contribution in [3.63, 3.8) is 0 Å². The van der Waals surface area contributed by atoms with E-state index in [1.54, 1.807) is 11.3 Å². The zero-order valence-electron chi connectivity index (χ0n) is 21.3. The third-order valence-electron chi connectivity index (χ3n) is 7.48. The Morgan fingerprint density at radius 3 is 2.44 bits per heavy atom. The van der Waals surface area contributed by atoms with Crippen LogP contribution in [-0.4, -0.2) is 44.4 Å². The van der Waals surface area contributed by atoms with Crippen LogP contribution >= 0.6 is 11.3 Å².